The summed E-state index contributed by atoms with van der Waals surface area (Å²) in [6, 6.07) is 2.57. The minimum atomic E-state index is -2.62. The topological polar surface area (TPSA) is 78.6 Å². The number of aliphatic hydroxyl groups excluding tert-OH is 1. The molecule has 1 rings (SSSR count). The van der Waals surface area contributed by atoms with Crippen molar-refractivity contribution in [2.24, 2.45) is 0 Å². The molecule has 0 aliphatic rings. The summed E-state index contributed by atoms with van der Waals surface area (Å²) in [6.07, 6.45) is -2.62. The van der Waals surface area contributed by atoms with Crippen molar-refractivity contribution in [2.75, 3.05) is 30.7 Å². The number of hydrogen-bond donors (Lipinski definition) is 3. The Labute approximate surface area is 120 Å². The highest BCUT2D eigenvalue weighted by Gasteiger charge is 2.24. The summed E-state index contributed by atoms with van der Waals surface area (Å²) >= 11 is 0. The molecule has 0 heterocycles. The monoisotopic (exact) mass is 305 g/mol. The van der Waals surface area contributed by atoms with Gasteiger partial charge in [0, 0.05) is 6.54 Å². The summed E-state index contributed by atoms with van der Waals surface area (Å²) in [5.41, 5.74) is 5.80. The SMILES string of the molecule is CC(C(=O)Nc1ccc(F)cc1N)N(CCO)CC(F)F. The first-order chi connectivity index (χ1) is 9.85. The summed E-state index contributed by atoms with van der Waals surface area (Å²) in [6.45, 7) is 0.405. The third kappa shape index (κ3) is 5.24. The Bertz CT molecular complexity index is 486. The Hall–Kier alpha value is -1.80. The number of benzene rings is 1. The predicted molar refractivity (Wildman–Crippen MR) is 73.6 cm³/mol. The minimum absolute atomic E-state index is 0.0399. The van der Waals surface area contributed by atoms with Crippen molar-refractivity contribution in [1.29, 1.82) is 0 Å². The highest BCUT2D eigenvalue weighted by molar-refractivity contribution is 5.97. The third-order valence-corrected chi connectivity index (χ3v) is 2.96. The van der Waals surface area contributed by atoms with E-state index < -0.39 is 30.7 Å². The van der Waals surface area contributed by atoms with Crippen LogP contribution in [0.3, 0.4) is 0 Å². The van der Waals surface area contributed by atoms with E-state index in [2.05, 4.69) is 5.32 Å². The molecule has 1 amide bonds. The molecule has 0 bridgehead atoms. The van der Waals surface area contributed by atoms with Crippen molar-refractivity contribution in [3.63, 3.8) is 0 Å². The molecule has 5 nitrogen and oxygen atoms in total. The van der Waals surface area contributed by atoms with Gasteiger partial charge in [-0.25, -0.2) is 13.2 Å². The lowest BCUT2D eigenvalue weighted by atomic mass is 10.2. The van der Waals surface area contributed by atoms with Crippen LogP contribution in [0, 0.1) is 5.82 Å². The second kappa shape index (κ2) is 7.84. The molecule has 0 aliphatic carbocycles. The summed E-state index contributed by atoms with van der Waals surface area (Å²) < 4.78 is 37.8. The number of aliphatic hydroxyl groups is 1. The molecule has 0 radical (unpaired) electrons. The first-order valence-electron chi connectivity index (χ1n) is 6.34. The van der Waals surface area contributed by atoms with Gasteiger partial charge in [0.05, 0.1) is 30.6 Å². The zero-order valence-corrected chi connectivity index (χ0v) is 11.5. The number of carbonyl (C=O) groups excluding carboxylic acids is 1. The minimum Gasteiger partial charge on any atom is -0.397 e. The van der Waals surface area contributed by atoms with E-state index in [0.29, 0.717) is 0 Å². The standard InChI is InChI=1S/C13H18F3N3O2/c1-8(19(4-5-20)7-12(15)16)13(21)18-11-3-2-9(14)6-10(11)17/h2-3,6,8,12,20H,4-5,7,17H2,1H3,(H,18,21). The van der Waals surface area contributed by atoms with Crippen LogP contribution in [0.5, 0.6) is 0 Å². The van der Waals surface area contributed by atoms with Crippen LogP contribution in [-0.4, -0.2) is 48.1 Å². The molecule has 1 unspecified atom stereocenters. The van der Waals surface area contributed by atoms with Gasteiger partial charge in [0.1, 0.15) is 5.82 Å². The average Bonchev–Trinajstić information content (AvgIpc) is 2.40. The fourth-order valence-corrected chi connectivity index (χ4v) is 1.80. The number of nitrogen functional groups attached to an aromatic ring is 1. The molecule has 21 heavy (non-hydrogen) atoms. The second-order valence-electron chi connectivity index (χ2n) is 4.51. The van der Waals surface area contributed by atoms with Gasteiger partial charge < -0.3 is 16.2 Å². The van der Waals surface area contributed by atoms with Crippen LogP contribution in [0.2, 0.25) is 0 Å². The van der Waals surface area contributed by atoms with Crippen LogP contribution in [-0.2, 0) is 4.79 Å². The van der Waals surface area contributed by atoms with Crippen LogP contribution in [0.4, 0.5) is 24.5 Å². The number of rotatable bonds is 7. The fourth-order valence-electron chi connectivity index (χ4n) is 1.80. The summed E-state index contributed by atoms with van der Waals surface area (Å²) in [5.74, 6) is -1.11. The van der Waals surface area contributed by atoms with Crippen molar-refractivity contribution < 1.29 is 23.1 Å². The molecule has 0 aliphatic heterocycles. The maximum absolute atomic E-state index is 12.9. The summed E-state index contributed by atoms with van der Waals surface area (Å²) in [4.78, 5) is 13.2. The third-order valence-electron chi connectivity index (χ3n) is 2.96. The van der Waals surface area contributed by atoms with Gasteiger partial charge in [-0.3, -0.25) is 9.69 Å². The maximum atomic E-state index is 12.9. The molecule has 118 valence electrons. The number of halogens is 3. The van der Waals surface area contributed by atoms with Crippen LogP contribution in [0.1, 0.15) is 6.92 Å². The van der Waals surface area contributed by atoms with Crippen molar-refractivity contribution >= 4 is 17.3 Å². The Morgan fingerprint density at radius 1 is 1.48 bits per heavy atom. The van der Waals surface area contributed by atoms with Crippen LogP contribution in [0.15, 0.2) is 18.2 Å². The van der Waals surface area contributed by atoms with Gasteiger partial charge in [0.15, 0.2) is 0 Å². The lowest BCUT2D eigenvalue weighted by molar-refractivity contribution is -0.121. The van der Waals surface area contributed by atoms with Crippen LogP contribution < -0.4 is 11.1 Å². The zero-order chi connectivity index (χ0) is 16.0. The molecule has 1 aromatic rings. The lowest BCUT2D eigenvalue weighted by Crippen LogP contribution is -2.45. The molecular weight excluding hydrogens is 287 g/mol. The van der Waals surface area contributed by atoms with E-state index in [4.69, 9.17) is 10.8 Å². The number of carbonyl (C=O) groups is 1. The molecule has 0 fully saturated rings. The predicted octanol–water partition coefficient (Wildman–Crippen LogP) is 1.29. The van der Waals surface area contributed by atoms with Gasteiger partial charge in [0.25, 0.3) is 6.43 Å². The number of amides is 1. The first-order valence-corrected chi connectivity index (χ1v) is 6.34. The van der Waals surface area contributed by atoms with Gasteiger partial charge in [-0.15, -0.1) is 0 Å². The van der Waals surface area contributed by atoms with Crippen molar-refractivity contribution in [3.8, 4) is 0 Å². The van der Waals surface area contributed by atoms with Gasteiger partial charge in [-0.1, -0.05) is 0 Å². The average molecular weight is 305 g/mol. The number of hydrogen-bond acceptors (Lipinski definition) is 4. The van der Waals surface area contributed by atoms with Crippen molar-refractivity contribution in [2.45, 2.75) is 19.4 Å². The van der Waals surface area contributed by atoms with E-state index >= 15 is 0 Å². The normalized spacial score (nSPS) is 12.7. The number of nitrogens with zero attached hydrogens (tertiary/aromatic N) is 1. The molecule has 0 saturated heterocycles. The number of nitrogens with one attached hydrogen (secondary N) is 1. The highest BCUT2D eigenvalue weighted by atomic mass is 19.3. The van der Waals surface area contributed by atoms with Gasteiger partial charge in [-0.05, 0) is 25.1 Å². The summed E-state index contributed by atoms with van der Waals surface area (Å²) in [7, 11) is 0. The zero-order valence-electron chi connectivity index (χ0n) is 11.5. The van der Waals surface area contributed by atoms with Crippen LogP contribution >= 0.6 is 0 Å². The Morgan fingerprint density at radius 3 is 2.67 bits per heavy atom. The van der Waals surface area contributed by atoms with E-state index in [1.165, 1.54) is 13.0 Å². The smallest absolute Gasteiger partial charge is 0.251 e. The molecule has 1 atom stereocenters. The molecule has 8 heteroatoms. The van der Waals surface area contributed by atoms with E-state index in [1.807, 2.05) is 0 Å². The highest BCUT2D eigenvalue weighted by Crippen LogP contribution is 2.19. The first kappa shape index (κ1) is 17.3. The van der Waals surface area contributed by atoms with Gasteiger partial charge in [0.2, 0.25) is 5.91 Å². The second-order valence-corrected chi connectivity index (χ2v) is 4.51. The maximum Gasteiger partial charge on any atom is 0.251 e. The Balaban J connectivity index is 2.75. The Kier molecular flexibility index (Phi) is 6.44. The quantitative estimate of drug-likeness (QED) is 0.663. The molecule has 1 aromatic carbocycles. The van der Waals surface area contributed by atoms with Crippen molar-refractivity contribution in [1.82, 2.24) is 4.90 Å². The molecular formula is C13H18F3N3O2. The van der Waals surface area contributed by atoms with E-state index in [-0.39, 0.29) is 24.5 Å². The van der Waals surface area contributed by atoms with E-state index in [9.17, 15) is 18.0 Å². The fraction of sp³-hybridized carbons (Fsp3) is 0.462. The number of alkyl halides is 2. The summed E-state index contributed by atoms with van der Waals surface area (Å²) in [5, 5.41) is 11.3. The van der Waals surface area contributed by atoms with E-state index in [0.717, 1.165) is 17.0 Å². The van der Waals surface area contributed by atoms with Gasteiger partial charge >= 0.3 is 0 Å². The lowest BCUT2D eigenvalue weighted by Gasteiger charge is -2.27. The molecule has 0 aromatic heterocycles. The van der Waals surface area contributed by atoms with E-state index in [1.54, 1.807) is 0 Å². The Morgan fingerprint density at radius 2 is 2.14 bits per heavy atom. The van der Waals surface area contributed by atoms with Crippen LogP contribution in [0.25, 0.3) is 0 Å². The molecule has 0 saturated carbocycles. The largest absolute Gasteiger partial charge is 0.397 e. The van der Waals surface area contributed by atoms with Crippen molar-refractivity contribution in [3.05, 3.63) is 24.0 Å². The number of nitrogens with two attached hydrogens (primary N) is 1. The number of anilines is 2. The van der Waals surface area contributed by atoms with Gasteiger partial charge in [-0.2, -0.15) is 0 Å². The molecule has 4 N–H and O–H groups in total. The molecule has 0 spiro atoms.